The number of nitrogens with one attached hydrogen (secondary N) is 2. The SMILES string of the molecule is CCNC(=NCC(C)(O)c1cnn(C)c1)NCCCS(=O)(=O)Cc1ccccc1. The van der Waals surface area contributed by atoms with E-state index < -0.39 is 15.4 Å². The first-order valence-electron chi connectivity index (χ1n) is 9.70. The van der Waals surface area contributed by atoms with E-state index in [1.165, 1.54) is 0 Å². The van der Waals surface area contributed by atoms with Crippen molar-refractivity contribution in [3.05, 3.63) is 53.9 Å². The second kappa shape index (κ2) is 10.4. The zero-order chi connectivity index (χ0) is 21.3. The van der Waals surface area contributed by atoms with Gasteiger partial charge in [-0.25, -0.2) is 13.4 Å². The minimum atomic E-state index is -3.16. The molecular formula is C20H31N5O3S. The number of hydrogen-bond acceptors (Lipinski definition) is 5. The van der Waals surface area contributed by atoms with Gasteiger partial charge in [-0.1, -0.05) is 30.3 Å². The van der Waals surface area contributed by atoms with Gasteiger partial charge in [-0.2, -0.15) is 5.10 Å². The molecule has 1 atom stereocenters. The molecular weight excluding hydrogens is 390 g/mol. The Morgan fingerprint density at radius 2 is 2.00 bits per heavy atom. The van der Waals surface area contributed by atoms with Crippen LogP contribution in [-0.2, 0) is 28.2 Å². The Labute approximate surface area is 173 Å². The number of sulfone groups is 1. The summed E-state index contributed by atoms with van der Waals surface area (Å²) in [6.45, 7) is 4.91. The number of aromatic nitrogens is 2. The van der Waals surface area contributed by atoms with Crippen molar-refractivity contribution in [3.8, 4) is 0 Å². The third-order valence-electron chi connectivity index (χ3n) is 4.37. The second-order valence-electron chi connectivity index (χ2n) is 7.23. The molecule has 2 aromatic rings. The number of nitrogens with zero attached hydrogens (tertiary/aromatic N) is 3. The summed E-state index contributed by atoms with van der Waals surface area (Å²) < 4.78 is 26.2. The first-order valence-corrected chi connectivity index (χ1v) is 11.5. The normalized spacial score (nSPS) is 14.4. The zero-order valence-electron chi connectivity index (χ0n) is 17.3. The fraction of sp³-hybridized carbons (Fsp3) is 0.500. The average Bonchev–Trinajstić information content (AvgIpc) is 3.11. The van der Waals surface area contributed by atoms with Crippen LogP contribution in [0.4, 0.5) is 0 Å². The van der Waals surface area contributed by atoms with Crippen LogP contribution in [0.2, 0.25) is 0 Å². The van der Waals surface area contributed by atoms with Gasteiger partial charge in [-0.15, -0.1) is 0 Å². The maximum atomic E-state index is 12.3. The number of hydrogen-bond donors (Lipinski definition) is 3. The zero-order valence-corrected chi connectivity index (χ0v) is 18.1. The summed E-state index contributed by atoms with van der Waals surface area (Å²) in [6, 6.07) is 9.19. The van der Waals surface area contributed by atoms with E-state index in [1.807, 2.05) is 37.3 Å². The van der Waals surface area contributed by atoms with Gasteiger partial charge in [0.15, 0.2) is 15.8 Å². The lowest BCUT2D eigenvalue weighted by molar-refractivity contribution is 0.0672. The minimum Gasteiger partial charge on any atom is -0.383 e. The first-order chi connectivity index (χ1) is 13.7. The Balaban J connectivity index is 1.84. The number of rotatable bonds is 10. The van der Waals surface area contributed by atoms with Crippen LogP contribution in [0.25, 0.3) is 0 Å². The molecule has 1 aromatic heterocycles. The number of benzene rings is 1. The van der Waals surface area contributed by atoms with Gasteiger partial charge in [0.2, 0.25) is 0 Å². The van der Waals surface area contributed by atoms with Crippen molar-refractivity contribution in [1.29, 1.82) is 0 Å². The van der Waals surface area contributed by atoms with Crippen LogP contribution < -0.4 is 10.6 Å². The lowest BCUT2D eigenvalue weighted by Gasteiger charge is -2.20. The molecule has 0 amide bonds. The van der Waals surface area contributed by atoms with E-state index in [2.05, 4.69) is 20.7 Å². The highest BCUT2D eigenvalue weighted by atomic mass is 32.2. The Morgan fingerprint density at radius 1 is 1.28 bits per heavy atom. The molecule has 1 heterocycles. The van der Waals surface area contributed by atoms with Gasteiger partial charge in [0.05, 0.1) is 24.2 Å². The van der Waals surface area contributed by atoms with Crippen LogP contribution in [0, 0.1) is 0 Å². The van der Waals surface area contributed by atoms with Gasteiger partial charge in [0.25, 0.3) is 0 Å². The Hall–Kier alpha value is -2.39. The molecule has 0 radical (unpaired) electrons. The topological polar surface area (TPSA) is 109 Å². The predicted molar refractivity (Wildman–Crippen MR) is 115 cm³/mol. The molecule has 2 rings (SSSR count). The maximum absolute atomic E-state index is 12.3. The number of aliphatic imine (C=N–C) groups is 1. The van der Waals surface area contributed by atoms with E-state index in [1.54, 1.807) is 31.0 Å². The average molecular weight is 422 g/mol. The van der Waals surface area contributed by atoms with Crippen molar-refractivity contribution >= 4 is 15.8 Å². The summed E-state index contributed by atoms with van der Waals surface area (Å²) in [6.07, 6.45) is 3.85. The highest BCUT2D eigenvalue weighted by molar-refractivity contribution is 7.90. The van der Waals surface area contributed by atoms with Crippen molar-refractivity contribution in [2.75, 3.05) is 25.4 Å². The first kappa shape index (κ1) is 22.9. The van der Waals surface area contributed by atoms with Crippen molar-refractivity contribution in [2.45, 2.75) is 31.6 Å². The molecule has 0 aliphatic heterocycles. The van der Waals surface area contributed by atoms with E-state index >= 15 is 0 Å². The van der Waals surface area contributed by atoms with Gasteiger partial charge in [-0.05, 0) is 25.8 Å². The molecule has 0 spiro atoms. The van der Waals surface area contributed by atoms with Crippen molar-refractivity contribution in [3.63, 3.8) is 0 Å². The third kappa shape index (κ3) is 7.86. The quantitative estimate of drug-likeness (QED) is 0.302. The van der Waals surface area contributed by atoms with Crippen LogP contribution in [0.15, 0.2) is 47.7 Å². The third-order valence-corrected chi connectivity index (χ3v) is 6.05. The number of aliphatic hydroxyl groups is 1. The summed E-state index contributed by atoms with van der Waals surface area (Å²) in [5.74, 6) is 0.689. The van der Waals surface area contributed by atoms with Gasteiger partial charge in [-0.3, -0.25) is 4.68 Å². The van der Waals surface area contributed by atoms with E-state index in [9.17, 15) is 13.5 Å². The molecule has 160 valence electrons. The van der Waals surface area contributed by atoms with E-state index in [0.717, 1.165) is 5.56 Å². The van der Waals surface area contributed by atoms with Crippen LogP contribution in [0.3, 0.4) is 0 Å². The summed E-state index contributed by atoms with van der Waals surface area (Å²) in [5.41, 5.74) is 0.343. The molecule has 8 nitrogen and oxygen atoms in total. The van der Waals surface area contributed by atoms with Crippen LogP contribution >= 0.6 is 0 Å². The summed E-state index contributed by atoms with van der Waals surface area (Å²) in [7, 11) is -1.37. The van der Waals surface area contributed by atoms with E-state index in [-0.39, 0.29) is 18.1 Å². The summed E-state index contributed by atoms with van der Waals surface area (Å²) in [4.78, 5) is 4.43. The van der Waals surface area contributed by atoms with E-state index in [4.69, 9.17) is 0 Å². The maximum Gasteiger partial charge on any atom is 0.191 e. The highest BCUT2D eigenvalue weighted by Gasteiger charge is 2.24. The molecule has 29 heavy (non-hydrogen) atoms. The number of guanidine groups is 1. The summed E-state index contributed by atoms with van der Waals surface area (Å²) in [5, 5.41) is 21.0. The Morgan fingerprint density at radius 3 is 2.62 bits per heavy atom. The lowest BCUT2D eigenvalue weighted by atomic mass is 10.0. The largest absolute Gasteiger partial charge is 0.383 e. The molecule has 0 aliphatic carbocycles. The molecule has 0 fully saturated rings. The molecule has 0 bridgehead atoms. The van der Waals surface area contributed by atoms with Crippen molar-refractivity contribution in [2.24, 2.45) is 12.0 Å². The molecule has 1 aromatic carbocycles. The van der Waals surface area contributed by atoms with Crippen molar-refractivity contribution < 1.29 is 13.5 Å². The van der Waals surface area contributed by atoms with Gasteiger partial charge < -0.3 is 15.7 Å². The van der Waals surface area contributed by atoms with Crippen LogP contribution in [-0.4, -0.2) is 54.7 Å². The van der Waals surface area contributed by atoms with E-state index in [0.29, 0.717) is 31.0 Å². The summed E-state index contributed by atoms with van der Waals surface area (Å²) >= 11 is 0. The molecule has 0 aliphatic rings. The smallest absolute Gasteiger partial charge is 0.191 e. The minimum absolute atomic E-state index is 0.0516. The molecule has 1 unspecified atom stereocenters. The Kier molecular flexibility index (Phi) is 8.21. The lowest BCUT2D eigenvalue weighted by Crippen LogP contribution is -2.39. The predicted octanol–water partition coefficient (Wildman–Crippen LogP) is 1.19. The van der Waals surface area contributed by atoms with Gasteiger partial charge in [0, 0.05) is 31.9 Å². The standard InChI is InChI=1S/C20H31N5O3S/c1-4-21-19(23-16-20(2,26)18-13-24-25(3)14-18)22-11-8-12-29(27,28)15-17-9-6-5-7-10-17/h5-7,9-10,13-14,26H,4,8,11-12,15-16H2,1-3H3,(H2,21,22,23). The molecule has 3 N–H and O–H groups in total. The Bertz CT molecular complexity index is 892. The van der Waals surface area contributed by atoms with Crippen LogP contribution in [0.5, 0.6) is 0 Å². The molecule has 0 saturated heterocycles. The fourth-order valence-corrected chi connectivity index (χ4v) is 4.19. The monoisotopic (exact) mass is 421 g/mol. The highest BCUT2D eigenvalue weighted by Crippen LogP contribution is 2.19. The second-order valence-corrected chi connectivity index (χ2v) is 9.41. The number of aryl methyl sites for hydroxylation is 1. The van der Waals surface area contributed by atoms with Gasteiger partial charge in [0.1, 0.15) is 5.60 Å². The van der Waals surface area contributed by atoms with Crippen LogP contribution in [0.1, 0.15) is 31.4 Å². The van der Waals surface area contributed by atoms with Crippen molar-refractivity contribution in [1.82, 2.24) is 20.4 Å². The van der Waals surface area contributed by atoms with Gasteiger partial charge >= 0.3 is 0 Å². The fourth-order valence-electron chi connectivity index (χ4n) is 2.76. The molecule has 0 saturated carbocycles. The molecule has 9 heteroatoms.